The molecule has 17 heavy (non-hydrogen) atoms. The molecule has 0 N–H and O–H groups in total. The molecular weight excluding hydrogens is 239 g/mol. The fourth-order valence-electron chi connectivity index (χ4n) is 1.35. The number of hydrogen-bond donors (Lipinski definition) is 0. The lowest BCUT2D eigenvalue weighted by atomic mass is 10.1. The third-order valence-corrected chi connectivity index (χ3v) is 3.66. The Balaban J connectivity index is 2.55. The van der Waals surface area contributed by atoms with Crippen LogP contribution in [-0.4, -0.2) is 21.5 Å². The van der Waals surface area contributed by atoms with E-state index in [-0.39, 0.29) is 17.1 Å². The van der Waals surface area contributed by atoms with Gasteiger partial charge in [0.2, 0.25) is 0 Å². The van der Waals surface area contributed by atoms with Gasteiger partial charge in [-0.15, -0.1) is 0 Å². The Kier molecular flexibility index (Phi) is 5.48. The van der Waals surface area contributed by atoms with E-state index in [0.29, 0.717) is 11.7 Å². The van der Waals surface area contributed by atoms with Crippen LogP contribution in [0.4, 0.5) is 4.39 Å². The summed E-state index contributed by atoms with van der Waals surface area (Å²) in [4.78, 5) is 11.7. The number of hydrogen-bond acceptors (Lipinski definition) is 2. The molecule has 1 aromatic rings. The first kappa shape index (κ1) is 14.0. The predicted molar refractivity (Wildman–Crippen MR) is 68.1 cm³/mol. The standard InChI is InChI=1S/C13H17FO2S/c1-10(2)7-8-17(16)9-13(15)11-5-3-4-6-12(11)14/h3-6,10H,7-9H2,1-2H3. The molecule has 0 aliphatic rings. The van der Waals surface area contributed by atoms with Gasteiger partial charge in [0.05, 0.1) is 11.3 Å². The highest BCUT2D eigenvalue weighted by atomic mass is 32.2. The van der Waals surface area contributed by atoms with Crippen molar-refractivity contribution in [1.82, 2.24) is 0 Å². The molecule has 0 saturated heterocycles. The van der Waals surface area contributed by atoms with Crippen molar-refractivity contribution < 1.29 is 13.4 Å². The Morgan fingerprint density at radius 2 is 2.00 bits per heavy atom. The van der Waals surface area contributed by atoms with Gasteiger partial charge in [0.1, 0.15) is 5.82 Å². The first-order chi connectivity index (χ1) is 8.00. The van der Waals surface area contributed by atoms with Crippen molar-refractivity contribution in [2.75, 3.05) is 11.5 Å². The number of Topliss-reactive ketones (excluding diaryl/α,β-unsaturated/α-hetero) is 1. The molecule has 1 unspecified atom stereocenters. The maximum absolute atomic E-state index is 13.3. The van der Waals surface area contributed by atoms with E-state index in [2.05, 4.69) is 0 Å². The van der Waals surface area contributed by atoms with Crippen molar-refractivity contribution in [2.24, 2.45) is 5.92 Å². The van der Waals surface area contributed by atoms with E-state index in [1.54, 1.807) is 6.07 Å². The van der Waals surface area contributed by atoms with Crippen LogP contribution >= 0.6 is 0 Å². The number of rotatable bonds is 6. The van der Waals surface area contributed by atoms with Crippen molar-refractivity contribution >= 4 is 16.6 Å². The van der Waals surface area contributed by atoms with Crippen molar-refractivity contribution in [1.29, 1.82) is 0 Å². The molecule has 1 rings (SSSR count). The fourth-order valence-corrected chi connectivity index (χ4v) is 2.68. The highest BCUT2D eigenvalue weighted by Gasteiger charge is 2.14. The quantitative estimate of drug-likeness (QED) is 0.733. The van der Waals surface area contributed by atoms with Crippen LogP contribution in [0, 0.1) is 11.7 Å². The van der Waals surface area contributed by atoms with Gasteiger partial charge in [-0.25, -0.2) is 4.39 Å². The minimum absolute atomic E-state index is 0.0328. The van der Waals surface area contributed by atoms with Gasteiger partial charge < -0.3 is 0 Å². The van der Waals surface area contributed by atoms with Crippen LogP contribution in [-0.2, 0) is 10.8 Å². The molecule has 4 heteroatoms. The molecule has 0 saturated carbocycles. The van der Waals surface area contributed by atoms with Gasteiger partial charge >= 0.3 is 0 Å². The second kappa shape index (κ2) is 6.64. The Bertz CT molecular complexity index is 416. The zero-order chi connectivity index (χ0) is 12.8. The second-order valence-corrected chi connectivity index (χ2v) is 5.95. The largest absolute Gasteiger partial charge is 0.293 e. The molecule has 1 aromatic carbocycles. The molecule has 1 atom stereocenters. The summed E-state index contributed by atoms with van der Waals surface area (Å²) in [7, 11) is -1.20. The fraction of sp³-hybridized carbons (Fsp3) is 0.462. The summed E-state index contributed by atoms with van der Waals surface area (Å²) in [5.41, 5.74) is 0.0328. The topological polar surface area (TPSA) is 34.1 Å². The average Bonchev–Trinajstić information content (AvgIpc) is 2.26. The van der Waals surface area contributed by atoms with Crippen LogP contribution in [0.3, 0.4) is 0 Å². The molecular formula is C13H17FO2S. The van der Waals surface area contributed by atoms with Crippen molar-refractivity contribution in [2.45, 2.75) is 20.3 Å². The first-order valence-corrected chi connectivity index (χ1v) is 7.12. The zero-order valence-electron chi connectivity index (χ0n) is 10.1. The van der Waals surface area contributed by atoms with Crippen LogP contribution in [0.25, 0.3) is 0 Å². The number of carbonyl (C=O) groups excluding carboxylic acids is 1. The number of carbonyl (C=O) groups is 1. The van der Waals surface area contributed by atoms with Crippen LogP contribution in [0.15, 0.2) is 24.3 Å². The minimum Gasteiger partial charge on any atom is -0.293 e. The van der Waals surface area contributed by atoms with Gasteiger partial charge in [-0.05, 0) is 24.5 Å². The molecule has 94 valence electrons. The van der Waals surface area contributed by atoms with Gasteiger partial charge in [-0.2, -0.15) is 0 Å². The van der Waals surface area contributed by atoms with E-state index in [0.717, 1.165) is 6.42 Å². The Morgan fingerprint density at radius 3 is 2.59 bits per heavy atom. The lowest BCUT2D eigenvalue weighted by molar-refractivity contribution is 0.101. The first-order valence-electron chi connectivity index (χ1n) is 5.63. The van der Waals surface area contributed by atoms with Crippen LogP contribution in [0.1, 0.15) is 30.6 Å². The van der Waals surface area contributed by atoms with E-state index in [1.165, 1.54) is 18.2 Å². The SMILES string of the molecule is CC(C)CCS(=O)CC(=O)c1ccccc1F. The molecule has 0 aliphatic carbocycles. The van der Waals surface area contributed by atoms with Crippen molar-refractivity contribution in [3.63, 3.8) is 0 Å². The maximum Gasteiger partial charge on any atom is 0.178 e. The summed E-state index contributed by atoms with van der Waals surface area (Å²) in [5.74, 6) is -0.0584. The van der Waals surface area contributed by atoms with Crippen LogP contribution in [0.2, 0.25) is 0 Å². The Hall–Kier alpha value is -1.03. The zero-order valence-corrected chi connectivity index (χ0v) is 10.9. The summed E-state index contributed by atoms with van der Waals surface area (Å²) in [6, 6.07) is 5.80. The predicted octanol–water partition coefficient (Wildman–Crippen LogP) is 2.80. The van der Waals surface area contributed by atoms with E-state index < -0.39 is 16.6 Å². The van der Waals surface area contributed by atoms with Crippen LogP contribution in [0.5, 0.6) is 0 Å². The van der Waals surface area contributed by atoms with Gasteiger partial charge in [0.25, 0.3) is 0 Å². The highest BCUT2D eigenvalue weighted by molar-refractivity contribution is 7.85. The average molecular weight is 256 g/mol. The third-order valence-electron chi connectivity index (χ3n) is 2.39. The summed E-state index contributed by atoms with van der Waals surface area (Å²) < 4.78 is 24.9. The molecule has 0 spiro atoms. The molecule has 0 aromatic heterocycles. The molecule has 0 bridgehead atoms. The molecule has 0 radical (unpaired) electrons. The smallest absolute Gasteiger partial charge is 0.178 e. The van der Waals surface area contributed by atoms with Gasteiger partial charge in [0.15, 0.2) is 5.78 Å². The molecule has 0 fully saturated rings. The van der Waals surface area contributed by atoms with E-state index in [4.69, 9.17) is 0 Å². The van der Waals surface area contributed by atoms with Gasteiger partial charge in [-0.1, -0.05) is 26.0 Å². The molecule has 0 amide bonds. The van der Waals surface area contributed by atoms with Gasteiger partial charge in [-0.3, -0.25) is 9.00 Å². The second-order valence-electron chi connectivity index (χ2n) is 4.37. The molecule has 0 heterocycles. The summed E-state index contributed by atoms with van der Waals surface area (Å²) in [6.45, 7) is 4.08. The number of ketones is 1. The van der Waals surface area contributed by atoms with Gasteiger partial charge in [0, 0.05) is 16.6 Å². The number of benzene rings is 1. The summed E-state index contributed by atoms with van der Waals surface area (Å²) >= 11 is 0. The lowest BCUT2D eigenvalue weighted by Crippen LogP contribution is -2.15. The van der Waals surface area contributed by atoms with Crippen LogP contribution < -0.4 is 0 Å². The molecule has 2 nitrogen and oxygen atoms in total. The Morgan fingerprint density at radius 1 is 1.35 bits per heavy atom. The maximum atomic E-state index is 13.3. The van der Waals surface area contributed by atoms with Crippen molar-refractivity contribution in [3.8, 4) is 0 Å². The minimum atomic E-state index is -1.20. The highest BCUT2D eigenvalue weighted by Crippen LogP contribution is 2.09. The summed E-state index contributed by atoms with van der Waals surface area (Å²) in [5, 5.41) is 0. The molecule has 0 aliphatic heterocycles. The van der Waals surface area contributed by atoms with Crippen molar-refractivity contribution in [3.05, 3.63) is 35.6 Å². The van der Waals surface area contributed by atoms with E-state index in [1.807, 2.05) is 13.8 Å². The summed E-state index contributed by atoms with van der Waals surface area (Å²) in [6.07, 6.45) is 0.817. The number of halogens is 1. The van der Waals surface area contributed by atoms with E-state index in [9.17, 15) is 13.4 Å². The third kappa shape index (κ3) is 4.77. The van der Waals surface area contributed by atoms with E-state index >= 15 is 0 Å². The monoisotopic (exact) mass is 256 g/mol. The Labute approximate surface area is 104 Å². The lowest BCUT2D eigenvalue weighted by Gasteiger charge is -2.05. The normalized spacial score (nSPS) is 12.7.